The number of aromatic nitrogens is 1. The molecule has 2 heterocycles. The number of rotatable bonds is 2. The largest absolute Gasteiger partial charge is 0.345 e. The minimum atomic E-state index is 0.109. The first kappa shape index (κ1) is 12.8. The number of thiazole rings is 1. The van der Waals surface area contributed by atoms with Crippen LogP contribution in [0.3, 0.4) is 0 Å². The lowest BCUT2D eigenvalue weighted by Crippen LogP contribution is -2.57. The van der Waals surface area contributed by atoms with Crippen molar-refractivity contribution in [1.29, 1.82) is 0 Å². The topological polar surface area (TPSA) is 36.4 Å². The molecule has 0 amide bonds. The number of hydrogen-bond donors (Lipinski definition) is 0. The molecule has 1 aliphatic rings. The van der Waals surface area contributed by atoms with E-state index in [9.17, 15) is 4.79 Å². The number of piperazine rings is 1. The van der Waals surface area contributed by atoms with E-state index in [4.69, 9.17) is 11.6 Å². The average molecular weight is 274 g/mol. The molecule has 0 spiro atoms. The molecule has 2 rings (SSSR count). The number of aldehydes is 1. The molecule has 0 radical (unpaired) electrons. The van der Waals surface area contributed by atoms with E-state index in [-0.39, 0.29) is 5.54 Å². The van der Waals surface area contributed by atoms with Crippen molar-refractivity contribution in [2.75, 3.05) is 31.6 Å². The Morgan fingerprint density at radius 1 is 1.47 bits per heavy atom. The number of hydrogen-bond acceptors (Lipinski definition) is 5. The number of anilines is 1. The zero-order valence-electron chi connectivity index (χ0n) is 10.2. The lowest BCUT2D eigenvalue weighted by atomic mass is 10.0. The summed E-state index contributed by atoms with van der Waals surface area (Å²) in [7, 11) is 2.13. The molecule has 1 saturated heterocycles. The number of likely N-dealkylation sites (N-methyl/N-ethyl adjacent to an activating group) is 1. The summed E-state index contributed by atoms with van der Waals surface area (Å²) in [5.74, 6) is 0. The van der Waals surface area contributed by atoms with E-state index in [0.717, 1.165) is 31.1 Å². The highest BCUT2D eigenvalue weighted by Gasteiger charge is 2.32. The van der Waals surface area contributed by atoms with Crippen molar-refractivity contribution in [2.24, 2.45) is 0 Å². The Kier molecular flexibility index (Phi) is 3.43. The van der Waals surface area contributed by atoms with Crippen molar-refractivity contribution in [3.05, 3.63) is 10.0 Å². The van der Waals surface area contributed by atoms with E-state index in [1.165, 1.54) is 11.3 Å². The van der Waals surface area contributed by atoms with Gasteiger partial charge >= 0.3 is 0 Å². The third-order valence-electron chi connectivity index (χ3n) is 3.29. The standard InChI is InChI=1S/C11H16ClN3OS/c1-11(2)7-15(5-4-14(11)3)10-13-9(12)8(6-16)17-10/h6H,4-5,7H2,1-3H3. The molecule has 0 N–H and O–H groups in total. The van der Waals surface area contributed by atoms with Crippen LogP contribution in [0, 0.1) is 0 Å². The molecule has 0 unspecified atom stereocenters. The van der Waals surface area contributed by atoms with Crippen LogP contribution in [-0.4, -0.2) is 48.4 Å². The van der Waals surface area contributed by atoms with Crippen LogP contribution in [0.25, 0.3) is 0 Å². The van der Waals surface area contributed by atoms with Crippen LogP contribution >= 0.6 is 22.9 Å². The molecule has 1 aromatic heterocycles. The fourth-order valence-electron chi connectivity index (χ4n) is 1.91. The van der Waals surface area contributed by atoms with E-state index in [2.05, 4.69) is 35.7 Å². The van der Waals surface area contributed by atoms with Crippen molar-refractivity contribution in [3.8, 4) is 0 Å². The maximum atomic E-state index is 10.8. The van der Waals surface area contributed by atoms with Gasteiger partial charge in [0, 0.05) is 25.2 Å². The molecule has 4 nitrogen and oxygen atoms in total. The van der Waals surface area contributed by atoms with Gasteiger partial charge in [0.2, 0.25) is 0 Å². The van der Waals surface area contributed by atoms with Crippen LogP contribution in [0.2, 0.25) is 5.15 Å². The number of carbonyl (C=O) groups is 1. The molecule has 94 valence electrons. The van der Waals surface area contributed by atoms with E-state index >= 15 is 0 Å². The van der Waals surface area contributed by atoms with Crippen LogP contribution in [0.15, 0.2) is 0 Å². The van der Waals surface area contributed by atoms with Crippen molar-refractivity contribution in [2.45, 2.75) is 19.4 Å². The maximum Gasteiger partial charge on any atom is 0.187 e. The smallest absolute Gasteiger partial charge is 0.187 e. The van der Waals surface area contributed by atoms with Gasteiger partial charge in [-0.05, 0) is 20.9 Å². The van der Waals surface area contributed by atoms with Crippen molar-refractivity contribution in [1.82, 2.24) is 9.88 Å². The fraction of sp³-hybridized carbons (Fsp3) is 0.636. The van der Waals surface area contributed by atoms with Gasteiger partial charge in [-0.1, -0.05) is 22.9 Å². The van der Waals surface area contributed by atoms with E-state index in [0.29, 0.717) is 10.0 Å². The Morgan fingerprint density at radius 3 is 2.71 bits per heavy atom. The molecule has 6 heteroatoms. The molecular formula is C11H16ClN3OS. The van der Waals surface area contributed by atoms with E-state index in [1.807, 2.05) is 0 Å². The van der Waals surface area contributed by atoms with Gasteiger partial charge in [-0.15, -0.1) is 0 Å². The fourth-order valence-corrected chi connectivity index (χ4v) is 3.00. The van der Waals surface area contributed by atoms with Gasteiger partial charge in [-0.3, -0.25) is 9.69 Å². The molecule has 17 heavy (non-hydrogen) atoms. The zero-order chi connectivity index (χ0) is 12.6. The minimum Gasteiger partial charge on any atom is -0.345 e. The minimum absolute atomic E-state index is 0.109. The summed E-state index contributed by atoms with van der Waals surface area (Å²) >= 11 is 7.26. The SMILES string of the molecule is CN1CCN(c2nc(Cl)c(C=O)s2)CC1(C)C. The lowest BCUT2D eigenvalue weighted by Gasteiger charge is -2.45. The highest BCUT2D eigenvalue weighted by Crippen LogP contribution is 2.31. The van der Waals surface area contributed by atoms with Gasteiger partial charge in [0.15, 0.2) is 16.6 Å². The third-order valence-corrected chi connectivity index (χ3v) is 4.73. The average Bonchev–Trinajstić information content (AvgIpc) is 2.63. The van der Waals surface area contributed by atoms with Crippen LogP contribution in [0.5, 0.6) is 0 Å². The van der Waals surface area contributed by atoms with Crippen LogP contribution in [0.4, 0.5) is 5.13 Å². The van der Waals surface area contributed by atoms with Crippen molar-refractivity contribution >= 4 is 34.4 Å². The Hall–Kier alpha value is -0.650. The summed E-state index contributed by atoms with van der Waals surface area (Å²) in [5.41, 5.74) is 0.109. The normalized spacial score (nSPS) is 20.6. The Labute approximate surface area is 110 Å². The molecule has 1 aliphatic heterocycles. The summed E-state index contributed by atoms with van der Waals surface area (Å²) in [4.78, 5) is 20.1. The summed E-state index contributed by atoms with van der Waals surface area (Å²) in [5, 5.41) is 1.16. The molecular weight excluding hydrogens is 258 g/mol. The first-order chi connectivity index (χ1) is 7.94. The second kappa shape index (κ2) is 4.55. The predicted molar refractivity (Wildman–Crippen MR) is 71.4 cm³/mol. The second-order valence-electron chi connectivity index (χ2n) is 4.92. The van der Waals surface area contributed by atoms with Crippen LogP contribution in [0.1, 0.15) is 23.5 Å². The lowest BCUT2D eigenvalue weighted by molar-refractivity contribution is 0.112. The van der Waals surface area contributed by atoms with Crippen molar-refractivity contribution < 1.29 is 4.79 Å². The van der Waals surface area contributed by atoms with E-state index in [1.54, 1.807) is 0 Å². The second-order valence-corrected chi connectivity index (χ2v) is 6.29. The molecule has 0 aromatic carbocycles. The highest BCUT2D eigenvalue weighted by atomic mass is 35.5. The van der Waals surface area contributed by atoms with Crippen molar-refractivity contribution in [3.63, 3.8) is 0 Å². The van der Waals surface area contributed by atoms with Gasteiger partial charge in [-0.2, -0.15) is 0 Å². The number of nitrogens with zero attached hydrogens (tertiary/aromatic N) is 3. The third kappa shape index (κ3) is 2.46. The maximum absolute atomic E-state index is 10.8. The van der Waals surface area contributed by atoms with Gasteiger partial charge in [0.25, 0.3) is 0 Å². The quantitative estimate of drug-likeness (QED) is 0.774. The first-order valence-electron chi connectivity index (χ1n) is 5.52. The summed E-state index contributed by atoms with van der Waals surface area (Å²) in [6.45, 7) is 7.21. The molecule has 0 atom stereocenters. The number of carbonyl (C=O) groups excluding carboxylic acids is 1. The van der Waals surface area contributed by atoms with Gasteiger partial charge in [0.05, 0.1) is 0 Å². The summed E-state index contributed by atoms with van der Waals surface area (Å²) < 4.78 is 0. The Balaban J connectivity index is 2.20. The van der Waals surface area contributed by atoms with E-state index < -0.39 is 0 Å². The molecule has 1 aromatic rings. The summed E-state index contributed by atoms with van der Waals surface area (Å²) in [6.07, 6.45) is 0.769. The molecule has 0 aliphatic carbocycles. The predicted octanol–water partition coefficient (Wildman–Crippen LogP) is 2.14. The number of halogens is 1. The molecule has 1 fully saturated rings. The molecule has 0 bridgehead atoms. The first-order valence-corrected chi connectivity index (χ1v) is 6.71. The monoisotopic (exact) mass is 273 g/mol. The molecule has 0 saturated carbocycles. The van der Waals surface area contributed by atoms with Gasteiger partial charge in [0.1, 0.15) is 4.88 Å². The Morgan fingerprint density at radius 2 is 2.18 bits per heavy atom. The van der Waals surface area contributed by atoms with Gasteiger partial charge < -0.3 is 4.90 Å². The van der Waals surface area contributed by atoms with Gasteiger partial charge in [-0.25, -0.2) is 4.98 Å². The highest BCUT2D eigenvalue weighted by molar-refractivity contribution is 7.17. The summed E-state index contributed by atoms with van der Waals surface area (Å²) in [6, 6.07) is 0. The van der Waals surface area contributed by atoms with Crippen LogP contribution in [-0.2, 0) is 0 Å². The van der Waals surface area contributed by atoms with Crippen LogP contribution < -0.4 is 4.90 Å². The zero-order valence-corrected chi connectivity index (χ0v) is 11.8. The Bertz CT molecular complexity index is 432.